The van der Waals surface area contributed by atoms with Crippen molar-refractivity contribution < 1.29 is 4.92 Å². The van der Waals surface area contributed by atoms with Gasteiger partial charge in [-0.3, -0.25) is 5.10 Å². The van der Waals surface area contributed by atoms with Crippen molar-refractivity contribution in [1.29, 1.82) is 0 Å². The van der Waals surface area contributed by atoms with Crippen LogP contribution in [-0.4, -0.2) is 29.5 Å². The number of aromatic amines is 1. The van der Waals surface area contributed by atoms with Crippen molar-refractivity contribution in [1.82, 2.24) is 24.6 Å². The highest BCUT2D eigenvalue weighted by molar-refractivity contribution is 7.99. The highest BCUT2D eigenvalue weighted by Crippen LogP contribution is 2.33. The van der Waals surface area contributed by atoms with E-state index in [1.807, 2.05) is 6.92 Å². The van der Waals surface area contributed by atoms with Crippen molar-refractivity contribution in [3.05, 3.63) is 40.3 Å². The summed E-state index contributed by atoms with van der Waals surface area (Å²) in [5.41, 5.74) is 0.524. The quantitative estimate of drug-likeness (QED) is 0.574. The third-order valence-corrected chi connectivity index (χ3v) is 3.67. The molecule has 0 amide bonds. The molecule has 0 aromatic carbocycles. The molecule has 0 fully saturated rings. The number of nitrogens with one attached hydrogen (secondary N) is 1. The van der Waals surface area contributed by atoms with Crippen LogP contribution in [-0.2, 0) is 6.42 Å². The summed E-state index contributed by atoms with van der Waals surface area (Å²) in [4.78, 5) is 19.4. The van der Waals surface area contributed by atoms with E-state index in [-0.39, 0.29) is 10.8 Å². The number of aromatic nitrogens is 5. The predicted octanol–water partition coefficient (Wildman–Crippen LogP) is 2.46. The summed E-state index contributed by atoms with van der Waals surface area (Å²) >= 11 is 1.09. The number of hydrogen-bond acceptors (Lipinski definition) is 6. The summed E-state index contributed by atoms with van der Waals surface area (Å²) in [6.07, 6.45) is 3.36. The molecule has 0 atom stereocenters. The van der Waals surface area contributed by atoms with Gasteiger partial charge in [-0.1, -0.05) is 13.0 Å². The van der Waals surface area contributed by atoms with Gasteiger partial charge in [-0.15, -0.1) is 5.10 Å². The molecule has 0 aliphatic carbocycles. The van der Waals surface area contributed by atoms with E-state index >= 15 is 0 Å². The Kier molecular flexibility index (Phi) is 3.57. The second-order valence-electron chi connectivity index (χ2n) is 4.34. The van der Waals surface area contributed by atoms with E-state index in [0.717, 1.165) is 30.4 Å². The first kappa shape index (κ1) is 13.6. The number of rotatable bonds is 5. The minimum absolute atomic E-state index is 0.0718. The maximum atomic E-state index is 11.3. The molecule has 3 rings (SSSR count). The Bertz CT molecular complexity index is 796. The lowest BCUT2D eigenvalue weighted by Crippen LogP contribution is -1.94. The summed E-state index contributed by atoms with van der Waals surface area (Å²) in [5, 5.41) is 18.9. The first-order valence-corrected chi connectivity index (χ1v) is 7.21. The van der Waals surface area contributed by atoms with Crippen LogP contribution in [0.1, 0.15) is 19.2 Å². The maximum absolute atomic E-state index is 11.3. The maximum Gasteiger partial charge on any atom is 0.362 e. The molecule has 0 aliphatic heterocycles. The lowest BCUT2D eigenvalue weighted by atomic mass is 10.3. The topological polar surface area (TPSA) is 102 Å². The zero-order valence-electron chi connectivity index (χ0n) is 11.2. The number of hydrogen-bond donors (Lipinski definition) is 1. The number of pyridine rings is 1. The van der Waals surface area contributed by atoms with Crippen molar-refractivity contribution >= 4 is 23.2 Å². The Hall–Kier alpha value is -2.42. The summed E-state index contributed by atoms with van der Waals surface area (Å²) < 4.78 is 1.45. The molecule has 0 radical (unpaired) electrons. The molecule has 9 heteroatoms. The van der Waals surface area contributed by atoms with Crippen LogP contribution in [0.25, 0.3) is 5.65 Å². The molecule has 1 N–H and O–H groups in total. The normalized spacial score (nSPS) is 11.1. The molecule has 0 saturated carbocycles. The van der Waals surface area contributed by atoms with Crippen LogP contribution in [0, 0.1) is 10.1 Å². The first-order valence-electron chi connectivity index (χ1n) is 6.39. The van der Waals surface area contributed by atoms with E-state index in [1.54, 1.807) is 24.4 Å². The zero-order chi connectivity index (χ0) is 14.8. The van der Waals surface area contributed by atoms with E-state index < -0.39 is 4.92 Å². The molecular formula is C12H12N6O2S. The van der Waals surface area contributed by atoms with E-state index in [0.29, 0.717) is 10.8 Å². The number of fused-ring (bicyclic) bond motifs is 1. The minimum atomic E-state index is -0.443. The Morgan fingerprint density at radius 1 is 1.43 bits per heavy atom. The second-order valence-corrected chi connectivity index (χ2v) is 5.30. The molecule has 0 bridgehead atoms. The van der Waals surface area contributed by atoms with Crippen LogP contribution in [0.3, 0.4) is 0 Å². The number of nitrogens with zero attached hydrogens (tertiary/aromatic N) is 5. The van der Waals surface area contributed by atoms with Crippen LogP contribution in [0.5, 0.6) is 0 Å². The smallest absolute Gasteiger partial charge is 0.358 e. The molecule has 8 nitrogen and oxygen atoms in total. The van der Waals surface area contributed by atoms with Gasteiger partial charge in [0.25, 0.3) is 0 Å². The van der Waals surface area contributed by atoms with Gasteiger partial charge in [0.2, 0.25) is 15.8 Å². The van der Waals surface area contributed by atoms with Crippen molar-refractivity contribution in [2.45, 2.75) is 29.9 Å². The number of aryl methyl sites for hydroxylation is 1. The highest BCUT2D eigenvalue weighted by Gasteiger charge is 2.24. The predicted molar refractivity (Wildman–Crippen MR) is 76.3 cm³/mol. The van der Waals surface area contributed by atoms with Crippen LogP contribution < -0.4 is 0 Å². The molecule has 0 unspecified atom stereocenters. The summed E-state index contributed by atoms with van der Waals surface area (Å²) in [7, 11) is 0. The number of imidazole rings is 1. The van der Waals surface area contributed by atoms with Gasteiger partial charge in [-0.25, -0.2) is 4.98 Å². The van der Waals surface area contributed by atoms with Gasteiger partial charge in [0.15, 0.2) is 0 Å². The second kappa shape index (κ2) is 5.52. The Labute approximate surface area is 123 Å². The van der Waals surface area contributed by atoms with Crippen LogP contribution >= 0.6 is 11.8 Å². The molecule has 0 spiro atoms. The third-order valence-electron chi connectivity index (χ3n) is 2.83. The first-order chi connectivity index (χ1) is 10.2. The molecule has 0 saturated heterocycles. The van der Waals surface area contributed by atoms with Gasteiger partial charge in [0, 0.05) is 12.5 Å². The third kappa shape index (κ3) is 2.59. The molecule has 0 aliphatic rings. The van der Waals surface area contributed by atoms with E-state index in [9.17, 15) is 10.1 Å². The molecule has 108 valence electrons. The van der Waals surface area contributed by atoms with Crippen molar-refractivity contribution in [3.8, 4) is 0 Å². The fourth-order valence-corrected chi connectivity index (χ4v) is 2.78. The standard InChI is InChI=1S/C12H12N6O2S/c1-2-5-8-13-12(16-15-8)21-10-11(18(19)20)17-7-4-3-6-9(17)14-10/h3-4,6-7H,2,5H2,1H3,(H,13,15,16). The molecule has 3 heterocycles. The summed E-state index contributed by atoms with van der Waals surface area (Å²) in [6, 6.07) is 5.23. The number of H-pyrrole nitrogens is 1. The average molecular weight is 304 g/mol. The van der Waals surface area contributed by atoms with Crippen LogP contribution in [0.4, 0.5) is 5.82 Å². The zero-order valence-corrected chi connectivity index (χ0v) is 12.0. The molecular weight excluding hydrogens is 292 g/mol. The highest BCUT2D eigenvalue weighted by atomic mass is 32.2. The lowest BCUT2D eigenvalue weighted by Gasteiger charge is -1.95. The van der Waals surface area contributed by atoms with E-state index in [2.05, 4.69) is 20.2 Å². The van der Waals surface area contributed by atoms with Gasteiger partial charge in [-0.2, -0.15) is 9.38 Å². The Balaban J connectivity index is 1.99. The van der Waals surface area contributed by atoms with Gasteiger partial charge in [0.1, 0.15) is 5.82 Å². The van der Waals surface area contributed by atoms with E-state index in [1.165, 1.54) is 4.40 Å². The average Bonchev–Trinajstić information content (AvgIpc) is 3.03. The fraction of sp³-hybridized carbons (Fsp3) is 0.250. The molecule has 21 heavy (non-hydrogen) atoms. The van der Waals surface area contributed by atoms with Crippen LogP contribution in [0.2, 0.25) is 0 Å². The summed E-state index contributed by atoms with van der Waals surface area (Å²) in [6.45, 7) is 2.04. The molecule has 3 aromatic heterocycles. The van der Waals surface area contributed by atoms with Crippen molar-refractivity contribution in [2.24, 2.45) is 0 Å². The van der Waals surface area contributed by atoms with Gasteiger partial charge < -0.3 is 10.1 Å². The van der Waals surface area contributed by atoms with Crippen molar-refractivity contribution in [2.75, 3.05) is 0 Å². The summed E-state index contributed by atoms with van der Waals surface area (Å²) in [5.74, 6) is 0.698. The minimum Gasteiger partial charge on any atom is -0.358 e. The Morgan fingerprint density at radius 2 is 2.29 bits per heavy atom. The fourth-order valence-electron chi connectivity index (χ4n) is 1.95. The van der Waals surface area contributed by atoms with Crippen LogP contribution in [0.15, 0.2) is 34.6 Å². The monoisotopic (exact) mass is 304 g/mol. The van der Waals surface area contributed by atoms with Gasteiger partial charge in [-0.05, 0) is 29.2 Å². The lowest BCUT2D eigenvalue weighted by molar-refractivity contribution is -0.393. The molecule has 3 aromatic rings. The van der Waals surface area contributed by atoms with E-state index in [4.69, 9.17) is 0 Å². The SMILES string of the molecule is CCCc1nc(Sc2nc3ccccn3c2[N+](=O)[O-])n[nH]1. The number of nitro groups is 1. The largest absolute Gasteiger partial charge is 0.362 e. The van der Waals surface area contributed by atoms with Gasteiger partial charge in [0.05, 0.1) is 6.20 Å². The van der Waals surface area contributed by atoms with Crippen molar-refractivity contribution in [3.63, 3.8) is 0 Å². The van der Waals surface area contributed by atoms with Gasteiger partial charge >= 0.3 is 5.82 Å². The Morgan fingerprint density at radius 3 is 3.05 bits per heavy atom.